The summed E-state index contributed by atoms with van der Waals surface area (Å²) in [6.07, 6.45) is 0. The summed E-state index contributed by atoms with van der Waals surface area (Å²) in [6.45, 7) is 0.312. The number of carbonyl (C=O) groups excluding carboxylic acids is 1. The second-order valence-electron chi connectivity index (χ2n) is 2.81. The van der Waals surface area contributed by atoms with E-state index in [9.17, 15) is 9.18 Å². The highest BCUT2D eigenvalue weighted by atomic mass is 79.9. The number of carbonyl (C=O) groups is 1. The quantitative estimate of drug-likeness (QED) is 0.393. The fourth-order valence-corrected chi connectivity index (χ4v) is 1.40. The van der Waals surface area contributed by atoms with Gasteiger partial charge in [-0.15, -0.1) is 0 Å². The molecule has 0 aliphatic carbocycles. The average Bonchev–Trinajstić information content (AvgIpc) is 2.28. The number of amides is 1. The zero-order valence-corrected chi connectivity index (χ0v) is 9.74. The molecule has 16 heavy (non-hydrogen) atoms. The van der Waals surface area contributed by atoms with Gasteiger partial charge in [0, 0.05) is 18.0 Å². The molecule has 7 heteroatoms. The highest BCUT2D eigenvalue weighted by Gasteiger charge is 2.12. The van der Waals surface area contributed by atoms with Crippen molar-refractivity contribution < 1.29 is 9.18 Å². The Hall–Kier alpha value is -1.59. The minimum absolute atomic E-state index is 0.0460. The summed E-state index contributed by atoms with van der Waals surface area (Å²) in [6, 6.07) is 4.45. The Kier molecular flexibility index (Phi) is 4.75. The van der Waals surface area contributed by atoms with Gasteiger partial charge in [-0.2, -0.15) is 0 Å². The van der Waals surface area contributed by atoms with Gasteiger partial charge >= 0.3 is 0 Å². The van der Waals surface area contributed by atoms with Gasteiger partial charge in [-0.3, -0.25) is 4.79 Å². The van der Waals surface area contributed by atoms with E-state index in [1.165, 1.54) is 12.1 Å². The van der Waals surface area contributed by atoms with Gasteiger partial charge in [0.15, 0.2) is 0 Å². The van der Waals surface area contributed by atoms with Crippen molar-refractivity contribution in [3.63, 3.8) is 0 Å². The minimum Gasteiger partial charge on any atom is -0.352 e. The van der Waals surface area contributed by atoms with Gasteiger partial charge in [-0.25, -0.2) is 4.39 Å². The Morgan fingerprint density at radius 1 is 1.62 bits per heavy atom. The van der Waals surface area contributed by atoms with Crippen LogP contribution in [0.2, 0.25) is 0 Å². The fourth-order valence-electron chi connectivity index (χ4n) is 1.04. The molecular formula is C9H8BrFN4O. The van der Waals surface area contributed by atoms with Crippen molar-refractivity contribution in [3.8, 4) is 0 Å². The van der Waals surface area contributed by atoms with E-state index in [0.717, 1.165) is 0 Å². The Labute approximate surface area is 99.4 Å². The van der Waals surface area contributed by atoms with E-state index in [-0.39, 0.29) is 23.1 Å². The van der Waals surface area contributed by atoms with Gasteiger partial charge in [0.05, 0.1) is 10.0 Å². The maximum atomic E-state index is 13.4. The van der Waals surface area contributed by atoms with Crippen molar-refractivity contribution in [3.05, 3.63) is 44.5 Å². The molecule has 1 aromatic carbocycles. The topological polar surface area (TPSA) is 77.9 Å². The first-order chi connectivity index (χ1) is 7.66. The van der Waals surface area contributed by atoms with Gasteiger partial charge in [-0.1, -0.05) is 11.2 Å². The second kappa shape index (κ2) is 6.09. The van der Waals surface area contributed by atoms with Gasteiger partial charge in [0.25, 0.3) is 5.91 Å². The van der Waals surface area contributed by atoms with Crippen LogP contribution >= 0.6 is 15.9 Å². The van der Waals surface area contributed by atoms with Crippen LogP contribution in [0.5, 0.6) is 0 Å². The zero-order chi connectivity index (χ0) is 12.0. The summed E-state index contributed by atoms with van der Waals surface area (Å²) >= 11 is 2.99. The summed E-state index contributed by atoms with van der Waals surface area (Å²) in [5.74, 6) is -1.14. The van der Waals surface area contributed by atoms with Crippen molar-refractivity contribution in [1.82, 2.24) is 5.32 Å². The molecule has 1 amide bonds. The van der Waals surface area contributed by atoms with Crippen LogP contribution in [0.15, 0.2) is 27.8 Å². The monoisotopic (exact) mass is 286 g/mol. The predicted octanol–water partition coefficient (Wildman–Crippen LogP) is 2.63. The van der Waals surface area contributed by atoms with E-state index in [2.05, 4.69) is 31.3 Å². The molecular weight excluding hydrogens is 279 g/mol. The number of hydrogen-bond donors (Lipinski definition) is 1. The number of benzene rings is 1. The van der Waals surface area contributed by atoms with Gasteiger partial charge < -0.3 is 5.32 Å². The molecule has 0 fully saturated rings. The molecule has 5 nitrogen and oxygen atoms in total. The fraction of sp³-hybridized carbons (Fsp3) is 0.222. The number of nitrogens with one attached hydrogen (secondary N) is 1. The largest absolute Gasteiger partial charge is 0.352 e. The van der Waals surface area contributed by atoms with Crippen molar-refractivity contribution in [2.75, 3.05) is 13.1 Å². The minimum atomic E-state index is -0.608. The molecule has 0 radical (unpaired) electrons. The van der Waals surface area contributed by atoms with Gasteiger partial charge in [0.2, 0.25) is 0 Å². The lowest BCUT2D eigenvalue weighted by Gasteiger charge is -2.05. The van der Waals surface area contributed by atoms with Crippen molar-refractivity contribution in [2.45, 2.75) is 0 Å². The van der Waals surface area contributed by atoms with E-state index in [1.807, 2.05) is 0 Å². The number of nitrogens with zero attached hydrogens (tertiary/aromatic N) is 3. The van der Waals surface area contributed by atoms with Crippen LogP contribution in [0.25, 0.3) is 10.4 Å². The first-order valence-electron chi connectivity index (χ1n) is 4.40. The van der Waals surface area contributed by atoms with Crippen LogP contribution in [0.3, 0.4) is 0 Å². The Morgan fingerprint density at radius 2 is 2.38 bits per heavy atom. The van der Waals surface area contributed by atoms with Crippen molar-refractivity contribution >= 4 is 21.8 Å². The maximum Gasteiger partial charge on any atom is 0.254 e. The lowest BCUT2D eigenvalue weighted by molar-refractivity contribution is 0.0950. The second-order valence-corrected chi connectivity index (χ2v) is 3.67. The van der Waals surface area contributed by atoms with E-state index in [1.54, 1.807) is 6.07 Å². The summed E-state index contributed by atoms with van der Waals surface area (Å²) < 4.78 is 13.7. The van der Waals surface area contributed by atoms with Crippen LogP contribution in [0.1, 0.15) is 10.4 Å². The summed E-state index contributed by atoms with van der Waals surface area (Å²) in [5.41, 5.74) is 7.96. The van der Waals surface area contributed by atoms with Crippen LogP contribution in [0, 0.1) is 5.82 Å². The molecule has 0 heterocycles. The van der Waals surface area contributed by atoms with Gasteiger partial charge in [-0.05, 0) is 33.6 Å². The maximum absolute atomic E-state index is 13.4. The lowest BCUT2D eigenvalue weighted by Crippen LogP contribution is -2.26. The normalized spacial score (nSPS) is 9.38. The molecule has 0 spiro atoms. The Bertz CT molecular complexity index is 445. The van der Waals surface area contributed by atoms with Crippen molar-refractivity contribution in [2.24, 2.45) is 5.11 Å². The Morgan fingerprint density at radius 3 is 3.06 bits per heavy atom. The molecule has 0 bridgehead atoms. The molecule has 84 valence electrons. The highest BCUT2D eigenvalue weighted by molar-refractivity contribution is 9.10. The molecule has 0 saturated heterocycles. The van der Waals surface area contributed by atoms with Crippen LogP contribution in [-0.2, 0) is 0 Å². The molecule has 1 aromatic rings. The molecule has 1 rings (SSSR count). The number of halogens is 2. The smallest absolute Gasteiger partial charge is 0.254 e. The molecule has 1 N–H and O–H groups in total. The lowest BCUT2D eigenvalue weighted by atomic mass is 10.2. The third kappa shape index (κ3) is 3.22. The molecule has 0 aromatic heterocycles. The molecule has 0 unspecified atom stereocenters. The first kappa shape index (κ1) is 12.5. The third-order valence-electron chi connectivity index (χ3n) is 1.76. The summed E-state index contributed by atoms with van der Waals surface area (Å²) in [5, 5.41) is 5.68. The molecule has 0 saturated carbocycles. The van der Waals surface area contributed by atoms with E-state index >= 15 is 0 Å². The number of azide groups is 1. The molecule has 0 aliphatic rings. The van der Waals surface area contributed by atoms with Crippen LogP contribution < -0.4 is 5.32 Å². The third-order valence-corrected chi connectivity index (χ3v) is 2.37. The Balaban J connectivity index is 2.66. The van der Waals surface area contributed by atoms with Crippen molar-refractivity contribution in [1.29, 1.82) is 0 Å². The summed E-state index contributed by atoms with van der Waals surface area (Å²) in [4.78, 5) is 14.0. The predicted molar refractivity (Wildman–Crippen MR) is 60.4 cm³/mol. The van der Waals surface area contributed by atoms with E-state index in [0.29, 0.717) is 0 Å². The number of hydrogen-bond acceptors (Lipinski definition) is 2. The molecule has 0 atom stereocenters. The average molecular weight is 287 g/mol. The van der Waals surface area contributed by atoms with Gasteiger partial charge in [0.1, 0.15) is 5.82 Å². The van der Waals surface area contributed by atoms with Crippen LogP contribution in [-0.4, -0.2) is 19.0 Å². The summed E-state index contributed by atoms with van der Waals surface area (Å²) in [7, 11) is 0. The van der Waals surface area contributed by atoms with E-state index in [4.69, 9.17) is 5.53 Å². The number of rotatable bonds is 4. The molecule has 0 aliphatic heterocycles. The highest BCUT2D eigenvalue weighted by Crippen LogP contribution is 2.18. The standard InChI is InChI=1S/C9H8BrFN4O/c10-7-3-1-2-6(8(7)11)9(16)13-4-5-14-15-12/h1-3H,4-5H2,(H,13,16). The van der Waals surface area contributed by atoms with Crippen LogP contribution in [0.4, 0.5) is 4.39 Å². The first-order valence-corrected chi connectivity index (χ1v) is 5.19. The SMILES string of the molecule is [N-]=[N+]=NCCNC(=O)c1cccc(Br)c1F. The zero-order valence-electron chi connectivity index (χ0n) is 8.15. The van der Waals surface area contributed by atoms with E-state index < -0.39 is 11.7 Å².